The van der Waals surface area contributed by atoms with Crippen molar-refractivity contribution in [1.82, 2.24) is 0 Å². The lowest BCUT2D eigenvalue weighted by Gasteiger charge is -2.44. The molecule has 0 radical (unpaired) electrons. The molecule has 0 aliphatic carbocycles. The molecule has 0 spiro atoms. The van der Waals surface area contributed by atoms with Gasteiger partial charge in [0.1, 0.15) is 61.5 Å². The van der Waals surface area contributed by atoms with E-state index in [1.54, 1.807) is 13.8 Å². The van der Waals surface area contributed by atoms with E-state index in [2.05, 4.69) is 0 Å². The van der Waals surface area contributed by atoms with Gasteiger partial charge in [0.15, 0.2) is 18.3 Å². The van der Waals surface area contributed by atoms with E-state index in [-0.39, 0.29) is 26.4 Å². The lowest BCUT2D eigenvalue weighted by Crippen LogP contribution is -2.62. The van der Waals surface area contributed by atoms with Crippen LogP contribution < -0.4 is 0 Å². The number of hydrogen-bond acceptors (Lipinski definition) is 23. The lowest BCUT2D eigenvalue weighted by atomic mass is 9.86. The first kappa shape index (κ1) is 53.3. The minimum atomic E-state index is -1.96. The number of aliphatic hydroxyl groups is 10. The molecule has 0 aromatic rings. The predicted molar refractivity (Wildman–Crippen MR) is 205 cm³/mol. The third-order valence-corrected chi connectivity index (χ3v) is 11.9. The van der Waals surface area contributed by atoms with E-state index in [9.17, 15) is 70.6 Å². The van der Waals surface area contributed by atoms with Crippen LogP contribution in [0.5, 0.6) is 0 Å². The van der Waals surface area contributed by atoms with Crippen molar-refractivity contribution in [1.29, 1.82) is 0 Å². The monoisotopic (exact) mass is 918 g/mol. The number of esters is 2. The summed E-state index contributed by atoms with van der Waals surface area (Å²) in [5.41, 5.74) is 0. The van der Waals surface area contributed by atoms with Crippen molar-refractivity contribution >= 4 is 17.9 Å². The van der Waals surface area contributed by atoms with E-state index < -0.39 is 185 Å². The molecule has 0 amide bonds. The molecule has 24 nitrogen and oxygen atoms in total. The molecule has 4 rings (SSSR count). The Balaban J connectivity index is 1.33. The van der Waals surface area contributed by atoms with Crippen molar-refractivity contribution in [3.8, 4) is 0 Å². The molecule has 24 heteroatoms. The van der Waals surface area contributed by atoms with E-state index >= 15 is 0 Å². The third-order valence-electron chi connectivity index (χ3n) is 11.9. The standard InChI is InChI=1S/C39H66O24/c1-5-22-31(47)28(44)18(16(3)59-22)9-54-12-24-32(48)29(45)19(23(8-41)60-24)10-55-13-25-33(49)30(46)20(35(62-25)38(51)52)11-56-14-27-36(63-39(53)21(43)7-40)37(57-6-2)34(50)26(61-27)15-58-17(4)42/h16,18-37,40-41,43-50H,5-15H2,1-4H3,(H,51,52). The summed E-state index contributed by atoms with van der Waals surface area (Å²) in [5.74, 6) is -6.59. The molecule has 0 aromatic carbocycles. The normalized spacial score (nSPS) is 41.4. The highest BCUT2D eigenvalue weighted by atomic mass is 16.6. The molecular formula is C39H66O24. The van der Waals surface area contributed by atoms with Gasteiger partial charge >= 0.3 is 17.9 Å². The Morgan fingerprint density at radius 1 is 0.587 bits per heavy atom. The zero-order valence-electron chi connectivity index (χ0n) is 35.6. The smallest absolute Gasteiger partial charge is 0.337 e. The highest BCUT2D eigenvalue weighted by Gasteiger charge is 2.52. The minimum absolute atomic E-state index is 0.00743. The van der Waals surface area contributed by atoms with Gasteiger partial charge in [-0.05, 0) is 20.3 Å². The van der Waals surface area contributed by atoms with Gasteiger partial charge in [0.25, 0.3) is 0 Å². The highest BCUT2D eigenvalue weighted by Crippen LogP contribution is 2.33. The van der Waals surface area contributed by atoms with Gasteiger partial charge in [-0.2, -0.15) is 0 Å². The molecular weight excluding hydrogens is 852 g/mol. The second-order valence-corrected chi connectivity index (χ2v) is 16.2. The fourth-order valence-corrected chi connectivity index (χ4v) is 8.24. The van der Waals surface area contributed by atoms with E-state index in [0.29, 0.717) is 6.42 Å². The van der Waals surface area contributed by atoms with Gasteiger partial charge in [-0.25, -0.2) is 9.59 Å². The van der Waals surface area contributed by atoms with Crippen LogP contribution in [0.4, 0.5) is 0 Å². The Morgan fingerprint density at radius 3 is 1.65 bits per heavy atom. The zero-order chi connectivity index (χ0) is 46.7. The fraction of sp³-hybridized carbons (Fsp3) is 0.923. The Morgan fingerprint density at radius 2 is 1.10 bits per heavy atom. The van der Waals surface area contributed by atoms with Crippen LogP contribution in [-0.2, 0) is 61.8 Å². The Hall–Kier alpha value is -2.31. The van der Waals surface area contributed by atoms with Gasteiger partial charge in [0.2, 0.25) is 0 Å². The summed E-state index contributed by atoms with van der Waals surface area (Å²) in [4.78, 5) is 36.4. The number of aliphatic carboxylic acids is 1. The summed E-state index contributed by atoms with van der Waals surface area (Å²) >= 11 is 0. The van der Waals surface area contributed by atoms with Gasteiger partial charge in [-0.15, -0.1) is 0 Å². The summed E-state index contributed by atoms with van der Waals surface area (Å²) < 4.78 is 56.2. The molecule has 4 aliphatic rings. The molecule has 0 bridgehead atoms. The van der Waals surface area contributed by atoms with Gasteiger partial charge in [-0.1, -0.05) is 6.92 Å². The largest absolute Gasteiger partial charge is 0.479 e. The maximum atomic E-state index is 12.5. The molecule has 4 saturated heterocycles. The van der Waals surface area contributed by atoms with Crippen LogP contribution in [0.15, 0.2) is 0 Å². The molecule has 63 heavy (non-hydrogen) atoms. The summed E-state index contributed by atoms with van der Waals surface area (Å²) in [6.45, 7) is 1.82. The molecule has 0 saturated carbocycles. The minimum Gasteiger partial charge on any atom is -0.479 e. The van der Waals surface area contributed by atoms with E-state index in [1.165, 1.54) is 0 Å². The van der Waals surface area contributed by atoms with Crippen LogP contribution in [0.3, 0.4) is 0 Å². The SMILES string of the molecule is CCOC1C(O)C(COC(C)=O)OC(COCC2C(C(=O)O)OC(COCC3C(CO)OC(COCC4C(C)OC(CC)C(O)C4O)C(O)C3O)C(O)C2O)C1OC(=O)C(O)CO. The molecule has 0 aromatic heterocycles. The van der Waals surface area contributed by atoms with Crippen LogP contribution in [-0.4, -0.2) is 250 Å². The highest BCUT2D eigenvalue weighted by molar-refractivity contribution is 5.74. The lowest BCUT2D eigenvalue weighted by molar-refractivity contribution is -0.263. The van der Waals surface area contributed by atoms with Gasteiger partial charge in [-0.3, -0.25) is 4.79 Å². The first-order valence-electron chi connectivity index (χ1n) is 21.1. The number of carboxylic acid groups (broad SMARTS) is 1. The summed E-state index contributed by atoms with van der Waals surface area (Å²) in [6, 6.07) is 0. The number of carbonyl (C=O) groups is 3. The second kappa shape index (κ2) is 25.0. The average molecular weight is 919 g/mol. The summed E-state index contributed by atoms with van der Waals surface area (Å²) in [7, 11) is 0. The van der Waals surface area contributed by atoms with Crippen LogP contribution in [0.1, 0.15) is 34.1 Å². The average Bonchev–Trinajstić information content (AvgIpc) is 3.25. The number of ether oxygens (including phenoxy) is 10. The van der Waals surface area contributed by atoms with E-state index in [4.69, 9.17) is 47.4 Å². The van der Waals surface area contributed by atoms with E-state index in [0.717, 1.165) is 6.92 Å². The number of carboxylic acids is 1. The van der Waals surface area contributed by atoms with Crippen LogP contribution in [0, 0.1) is 17.8 Å². The molecule has 4 fully saturated rings. The quantitative estimate of drug-likeness (QED) is 0.0451. The van der Waals surface area contributed by atoms with Crippen LogP contribution in [0.2, 0.25) is 0 Å². The van der Waals surface area contributed by atoms with Gasteiger partial charge in [0.05, 0.1) is 89.5 Å². The van der Waals surface area contributed by atoms with Crippen molar-refractivity contribution in [2.75, 3.05) is 66.1 Å². The van der Waals surface area contributed by atoms with Crippen molar-refractivity contribution in [3.63, 3.8) is 0 Å². The molecule has 21 atom stereocenters. The number of rotatable bonds is 22. The first-order chi connectivity index (χ1) is 29.9. The zero-order valence-corrected chi connectivity index (χ0v) is 35.6. The topological polar surface area (TPSA) is 366 Å². The third kappa shape index (κ3) is 13.4. The number of aliphatic hydroxyl groups excluding tert-OH is 10. The maximum absolute atomic E-state index is 12.5. The Kier molecular flexibility index (Phi) is 21.2. The Bertz CT molecular complexity index is 1410. The first-order valence-corrected chi connectivity index (χ1v) is 21.1. The molecule has 4 aliphatic heterocycles. The maximum Gasteiger partial charge on any atom is 0.337 e. The van der Waals surface area contributed by atoms with Crippen LogP contribution in [0.25, 0.3) is 0 Å². The summed E-state index contributed by atoms with van der Waals surface area (Å²) in [6.07, 6.45) is -23.6. The van der Waals surface area contributed by atoms with Crippen molar-refractivity contribution in [3.05, 3.63) is 0 Å². The van der Waals surface area contributed by atoms with Crippen molar-refractivity contribution < 1.29 is 118 Å². The van der Waals surface area contributed by atoms with Gasteiger partial charge < -0.3 is 104 Å². The number of carbonyl (C=O) groups excluding carboxylic acids is 2. The van der Waals surface area contributed by atoms with Crippen LogP contribution >= 0.6 is 0 Å². The van der Waals surface area contributed by atoms with Gasteiger partial charge in [0, 0.05) is 31.3 Å². The van der Waals surface area contributed by atoms with Crippen molar-refractivity contribution in [2.24, 2.45) is 17.8 Å². The molecule has 21 unspecified atom stereocenters. The molecule has 366 valence electrons. The second-order valence-electron chi connectivity index (χ2n) is 16.2. The Labute approximate surface area is 363 Å². The summed E-state index contributed by atoms with van der Waals surface area (Å²) in [5, 5.41) is 115. The number of hydrogen-bond donors (Lipinski definition) is 11. The van der Waals surface area contributed by atoms with E-state index in [1.807, 2.05) is 6.92 Å². The van der Waals surface area contributed by atoms with Crippen molar-refractivity contribution in [2.45, 2.75) is 144 Å². The predicted octanol–water partition coefficient (Wildman–Crippen LogP) is -5.78. The molecule has 11 N–H and O–H groups in total. The fourth-order valence-electron chi connectivity index (χ4n) is 8.24. The molecule has 4 heterocycles.